The van der Waals surface area contributed by atoms with Gasteiger partial charge in [0.25, 0.3) is 0 Å². The van der Waals surface area contributed by atoms with Crippen LogP contribution in [0.1, 0.15) is 12.6 Å². The van der Waals surface area contributed by atoms with Gasteiger partial charge in [0.15, 0.2) is 0 Å². The van der Waals surface area contributed by atoms with Crippen LogP contribution in [-0.2, 0) is 11.2 Å². The minimum atomic E-state index is -0.0698. The zero-order chi connectivity index (χ0) is 11.4. The topological polar surface area (TPSA) is 45.6 Å². The predicted octanol–water partition coefficient (Wildman–Crippen LogP) is 0.841. The van der Waals surface area contributed by atoms with Crippen LogP contribution in [0.4, 0.5) is 5.69 Å². The Morgan fingerprint density at radius 2 is 2.44 bits per heavy atom. The Morgan fingerprint density at radius 3 is 3.06 bits per heavy atom. The predicted molar refractivity (Wildman–Crippen MR) is 62.7 cm³/mol. The minimum Gasteiger partial charge on any atom is -0.394 e. The number of aliphatic hydroxyl groups excluding tert-OH is 1. The Bertz CT molecular complexity index is 326. The molecule has 1 fully saturated rings. The second-order valence-corrected chi connectivity index (χ2v) is 3.98. The molecule has 1 atom stereocenters. The van der Waals surface area contributed by atoms with E-state index in [4.69, 9.17) is 9.84 Å². The van der Waals surface area contributed by atoms with Crippen LogP contribution >= 0.6 is 0 Å². The van der Waals surface area contributed by atoms with Crippen LogP contribution in [0, 0.1) is 0 Å². The molecular weight excluding hydrogens is 204 g/mol. The zero-order valence-corrected chi connectivity index (χ0v) is 9.59. The maximum atomic E-state index is 9.07. The normalized spacial score (nSPS) is 21.1. The SMILES string of the molecule is CCc1ccc(N2CCOC(CO)C2)cn1. The molecule has 88 valence electrons. The summed E-state index contributed by atoms with van der Waals surface area (Å²) in [6, 6.07) is 4.14. The van der Waals surface area contributed by atoms with Crippen LogP contribution in [0.15, 0.2) is 18.3 Å². The first-order chi connectivity index (χ1) is 7.83. The van der Waals surface area contributed by atoms with E-state index in [2.05, 4.69) is 28.9 Å². The van der Waals surface area contributed by atoms with E-state index >= 15 is 0 Å². The lowest BCUT2D eigenvalue weighted by atomic mass is 10.2. The molecule has 4 heteroatoms. The lowest BCUT2D eigenvalue weighted by Gasteiger charge is -2.33. The smallest absolute Gasteiger partial charge is 0.0980 e. The summed E-state index contributed by atoms with van der Waals surface area (Å²) in [5.41, 5.74) is 2.22. The molecular formula is C12H18N2O2. The molecule has 2 heterocycles. The fourth-order valence-electron chi connectivity index (χ4n) is 1.88. The summed E-state index contributed by atoms with van der Waals surface area (Å²) in [5.74, 6) is 0. The van der Waals surface area contributed by atoms with Gasteiger partial charge in [0.2, 0.25) is 0 Å². The van der Waals surface area contributed by atoms with Gasteiger partial charge in [-0.15, -0.1) is 0 Å². The van der Waals surface area contributed by atoms with E-state index in [1.54, 1.807) is 0 Å². The summed E-state index contributed by atoms with van der Waals surface area (Å²) in [5, 5.41) is 9.07. The van der Waals surface area contributed by atoms with Gasteiger partial charge in [-0.3, -0.25) is 4.98 Å². The van der Waals surface area contributed by atoms with Gasteiger partial charge in [0.1, 0.15) is 0 Å². The van der Waals surface area contributed by atoms with Gasteiger partial charge in [0, 0.05) is 18.8 Å². The number of nitrogens with zero attached hydrogens (tertiary/aromatic N) is 2. The van der Waals surface area contributed by atoms with E-state index in [1.807, 2.05) is 6.20 Å². The molecule has 0 saturated carbocycles. The van der Waals surface area contributed by atoms with Gasteiger partial charge in [0.05, 0.1) is 31.2 Å². The summed E-state index contributed by atoms with van der Waals surface area (Å²) in [4.78, 5) is 6.58. The molecule has 4 nitrogen and oxygen atoms in total. The number of morpholine rings is 1. The van der Waals surface area contributed by atoms with Gasteiger partial charge in [-0.05, 0) is 18.6 Å². The summed E-state index contributed by atoms with van der Waals surface area (Å²) < 4.78 is 5.41. The van der Waals surface area contributed by atoms with Crippen LogP contribution in [-0.4, -0.2) is 42.5 Å². The number of aliphatic hydroxyl groups is 1. The van der Waals surface area contributed by atoms with E-state index in [0.29, 0.717) is 6.61 Å². The second-order valence-electron chi connectivity index (χ2n) is 3.98. The Morgan fingerprint density at radius 1 is 1.56 bits per heavy atom. The Labute approximate surface area is 95.9 Å². The first-order valence-electron chi connectivity index (χ1n) is 5.75. The van der Waals surface area contributed by atoms with E-state index in [1.165, 1.54) is 0 Å². The maximum absolute atomic E-state index is 9.07. The maximum Gasteiger partial charge on any atom is 0.0980 e. The van der Waals surface area contributed by atoms with Crippen molar-refractivity contribution in [3.63, 3.8) is 0 Å². The van der Waals surface area contributed by atoms with Crippen molar-refractivity contribution in [2.45, 2.75) is 19.4 Å². The van der Waals surface area contributed by atoms with Gasteiger partial charge < -0.3 is 14.7 Å². The number of hydrogen-bond donors (Lipinski definition) is 1. The van der Waals surface area contributed by atoms with E-state index in [-0.39, 0.29) is 12.7 Å². The molecule has 0 bridgehead atoms. The number of aryl methyl sites for hydroxylation is 1. The molecule has 1 aromatic heterocycles. The van der Waals surface area contributed by atoms with E-state index in [0.717, 1.165) is 30.9 Å². The largest absolute Gasteiger partial charge is 0.394 e. The van der Waals surface area contributed by atoms with Crippen molar-refractivity contribution in [2.24, 2.45) is 0 Å². The van der Waals surface area contributed by atoms with Crippen LogP contribution in [0.5, 0.6) is 0 Å². The second kappa shape index (κ2) is 5.27. The third-order valence-electron chi connectivity index (χ3n) is 2.88. The number of rotatable bonds is 3. The van der Waals surface area contributed by atoms with Crippen LogP contribution in [0.2, 0.25) is 0 Å². The number of aromatic nitrogens is 1. The van der Waals surface area contributed by atoms with E-state index in [9.17, 15) is 0 Å². The fourth-order valence-corrected chi connectivity index (χ4v) is 1.88. The molecule has 0 radical (unpaired) electrons. The number of ether oxygens (including phenoxy) is 1. The van der Waals surface area contributed by atoms with Gasteiger partial charge in [-0.2, -0.15) is 0 Å². The lowest BCUT2D eigenvalue weighted by molar-refractivity contribution is 0.00355. The molecule has 0 aromatic carbocycles. The summed E-state index contributed by atoms with van der Waals surface area (Å²) in [7, 11) is 0. The van der Waals surface area contributed by atoms with Crippen molar-refractivity contribution in [2.75, 3.05) is 31.2 Å². The monoisotopic (exact) mass is 222 g/mol. The Hall–Kier alpha value is -1.13. The number of pyridine rings is 1. The average Bonchev–Trinajstić information content (AvgIpc) is 2.39. The molecule has 1 unspecified atom stereocenters. The molecule has 0 spiro atoms. The molecule has 1 aliphatic heterocycles. The highest BCUT2D eigenvalue weighted by Crippen LogP contribution is 2.16. The van der Waals surface area contributed by atoms with Crippen molar-refractivity contribution in [1.82, 2.24) is 4.98 Å². The average molecular weight is 222 g/mol. The molecule has 2 rings (SSSR count). The van der Waals surface area contributed by atoms with Gasteiger partial charge >= 0.3 is 0 Å². The summed E-state index contributed by atoms with van der Waals surface area (Å²) in [6.45, 7) is 4.45. The molecule has 1 saturated heterocycles. The zero-order valence-electron chi connectivity index (χ0n) is 9.59. The van der Waals surface area contributed by atoms with Crippen LogP contribution in [0.25, 0.3) is 0 Å². The first kappa shape index (κ1) is 11.4. The highest BCUT2D eigenvalue weighted by Gasteiger charge is 2.19. The molecule has 1 N–H and O–H groups in total. The first-order valence-corrected chi connectivity index (χ1v) is 5.75. The Balaban J connectivity index is 2.05. The molecule has 1 aliphatic rings. The van der Waals surface area contributed by atoms with E-state index < -0.39 is 0 Å². The van der Waals surface area contributed by atoms with Gasteiger partial charge in [-0.1, -0.05) is 6.92 Å². The summed E-state index contributed by atoms with van der Waals surface area (Å²) >= 11 is 0. The highest BCUT2D eigenvalue weighted by molar-refractivity contribution is 5.45. The Kier molecular flexibility index (Phi) is 3.74. The van der Waals surface area contributed by atoms with Crippen molar-refractivity contribution in [3.05, 3.63) is 24.0 Å². The quantitative estimate of drug-likeness (QED) is 0.823. The van der Waals surface area contributed by atoms with Crippen molar-refractivity contribution in [1.29, 1.82) is 0 Å². The molecule has 16 heavy (non-hydrogen) atoms. The van der Waals surface area contributed by atoms with Crippen molar-refractivity contribution < 1.29 is 9.84 Å². The minimum absolute atomic E-state index is 0.0698. The molecule has 1 aromatic rings. The molecule has 0 amide bonds. The standard InChI is InChI=1S/C12H18N2O2/c1-2-10-3-4-11(7-13-10)14-5-6-16-12(8-14)9-15/h3-4,7,12,15H,2,5-6,8-9H2,1H3. The van der Waals surface area contributed by atoms with Crippen molar-refractivity contribution in [3.8, 4) is 0 Å². The third-order valence-corrected chi connectivity index (χ3v) is 2.88. The third kappa shape index (κ3) is 2.51. The number of hydrogen-bond acceptors (Lipinski definition) is 4. The summed E-state index contributed by atoms with van der Waals surface area (Å²) in [6.07, 6.45) is 2.79. The number of anilines is 1. The lowest BCUT2D eigenvalue weighted by Crippen LogP contribution is -2.44. The molecule has 0 aliphatic carbocycles. The highest BCUT2D eigenvalue weighted by atomic mass is 16.5. The van der Waals surface area contributed by atoms with Crippen molar-refractivity contribution >= 4 is 5.69 Å². The van der Waals surface area contributed by atoms with Crippen LogP contribution in [0.3, 0.4) is 0 Å². The fraction of sp³-hybridized carbons (Fsp3) is 0.583. The van der Waals surface area contributed by atoms with Crippen LogP contribution < -0.4 is 4.90 Å². The van der Waals surface area contributed by atoms with Gasteiger partial charge in [-0.25, -0.2) is 0 Å².